The summed E-state index contributed by atoms with van der Waals surface area (Å²) in [7, 11) is 0. The average Bonchev–Trinajstić information content (AvgIpc) is 2.37. The highest BCUT2D eigenvalue weighted by atomic mass is 35.5. The van der Waals surface area contributed by atoms with Gasteiger partial charge in [-0.2, -0.15) is 18.4 Å². The fourth-order valence-corrected chi connectivity index (χ4v) is 1.40. The Bertz CT molecular complexity index is 562. The normalized spacial score (nSPS) is 11.8. The molecule has 108 valence electrons. The quantitative estimate of drug-likeness (QED) is 0.864. The Morgan fingerprint density at radius 1 is 1.40 bits per heavy atom. The fraction of sp³-hybridized carbons (Fsp3) is 0.385. The molecule has 0 fully saturated rings. The first-order valence-corrected chi connectivity index (χ1v) is 6.14. The number of rotatable bonds is 3. The molecule has 0 unspecified atom stereocenters. The molecule has 7 heteroatoms. The Morgan fingerprint density at radius 3 is 2.45 bits per heavy atom. The van der Waals surface area contributed by atoms with Gasteiger partial charge in [-0.05, 0) is 32.0 Å². The van der Waals surface area contributed by atoms with Crippen molar-refractivity contribution >= 4 is 23.2 Å². The van der Waals surface area contributed by atoms with Crippen LogP contribution in [0.15, 0.2) is 18.2 Å². The fourth-order valence-electron chi connectivity index (χ4n) is 1.27. The van der Waals surface area contributed by atoms with Crippen LogP contribution in [0.5, 0.6) is 0 Å². The maximum absolute atomic E-state index is 12.5. The van der Waals surface area contributed by atoms with E-state index < -0.39 is 23.1 Å². The van der Waals surface area contributed by atoms with Gasteiger partial charge in [-0.1, -0.05) is 0 Å². The second-order valence-corrected chi connectivity index (χ2v) is 5.11. The standard InChI is InChI=1S/C13H12ClF3N2O/c1-12(2,7-14)11(20)19-10-4-3-9(13(15,16)17)5-8(10)6-18/h3-5H,7H2,1-2H3,(H,19,20). The van der Waals surface area contributed by atoms with Crippen LogP contribution in [0, 0.1) is 16.7 Å². The summed E-state index contributed by atoms with van der Waals surface area (Å²) in [4.78, 5) is 11.9. The highest BCUT2D eigenvalue weighted by Gasteiger charge is 2.32. The molecule has 0 heterocycles. The van der Waals surface area contributed by atoms with Crippen LogP contribution in [0.4, 0.5) is 18.9 Å². The first-order chi connectivity index (χ1) is 9.11. The van der Waals surface area contributed by atoms with E-state index in [9.17, 15) is 18.0 Å². The van der Waals surface area contributed by atoms with Gasteiger partial charge in [0.15, 0.2) is 0 Å². The van der Waals surface area contributed by atoms with Crippen molar-refractivity contribution < 1.29 is 18.0 Å². The summed E-state index contributed by atoms with van der Waals surface area (Å²) in [5, 5.41) is 11.3. The van der Waals surface area contributed by atoms with Crippen LogP contribution in [0.1, 0.15) is 25.0 Å². The number of benzene rings is 1. The summed E-state index contributed by atoms with van der Waals surface area (Å²) in [6, 6.07) is 4.20. The molecule has 0 aromatic heterocycles. The molecule has 3 nitrogen and oxygen atoms in total. The predicted octanol–water partition coefficient (Wildman–Crippen LogP) is 3.78. The van der Waals surface area contributed by atoms with Crippen molar-refractivity contribution in [2.24, 2.45) is 5.41 Å². The number of nitriles is 1. The topological polar surface area (TPSA) is 52.9 Å². The van der Waals surface area contributed by atoms with Crippen molar-refractivity contribution in [3.63, 3.8) is 0 Å². The summed E-state index contributed by atoms with van der Waals surface area (Å²) in [5.41, 5.74) is -2.05. The molecule has 0 aliphatic heterocycles. The van der Waals surface area contributed by atoms with E-state index in [2.05, 4.69) is 5.32 Å². The summed E-state index contributed by atoms with van der Waals surface area (Å²) < 4.78 is 37.6. The second kappa shape index (κ2) is 5.71. The number of carbonyl (C=O) groups is 1. The zero-order valence-electron chi connectivity index (χ0n) is 10.8. The van der Waals surface area contributed by atoms with Crippen molar-refractivity contribution in [3.8, 4) is 6.07 Å². The van der Waals surface area contributed by atoms with E-state index >= 15 is 0 Å². The Morgan fingerprint density at radius 2 is 2.00 bits per heavy atom. The van der Waals surface area contributed by atoms with Crippen molar-refractivity contribution in [1.82, 2.24) is 0 Å². The molecule has 0 aliphatic rings. The van der Waals surface area contributed by atoms with E-state index in [1.807, 2.05) is 0 Å². The number of hydrogen-bond donors (Lipinski definition) is 1. The van der Waals surface area contributed by atoms with Crippen LogP contribution in [0.2, 0.25) is 0 Å². The number of anilines is 1. The van der Waals surface area contributed by atoms with Gasteiger partial charge in [0.05, 0.1) is 22.2 Å². The lowest BCUT2D eigenvalue weighted by atomic mass is 9.95. The number of halogens is 4. The monoisotopic (exact) mass is 304 g/mol. The van der Waals surface area contributed by atoms with Crippen molar-refractivity contribution in [2.45, 2.75) is 20.0 Å². The van der Waals surface area contributed by atoms with Gasteiger partial charge in [-0.25, -0.2) is 0 Å². The van der Waals surface area contributed by atoms with Gasteiger partial charge in [0, 0.05) is 5.88 Å². The highest BCUT2D eigenvalue weighted by molar-refractivity contribution is 6.20. The highest BCUT2D eigenvalue weighted by Crippen LogP contribution is 2.32. The molecule has 0 bridgehead atoms. The van der Waals surface area contributed by atoms with Crippen molar-refractivity contribution in [2.75, 3.05) is 11.2 Å². The minimum Gasteiger partial charge on any atom is -0.324 e. The van der Waals surface area contributed by atoms with E-state index in [1.54, 1.807) is 19.9 Å². The van der Waals surface area contributed by atoms with E-state index in [4.69, 9.17) is 16.9 Å². The number of hydrogen-bond acceptors (Lipinski definition) is 2. The predicted molar refractivity (Wildman–Crippen MR) is 69.3 cm³/mol. The van der Waals surface area contributed by atoms with E-state index in [-0.39, 0.29) is 17.1 Å². The molecule has 0 radical (unpaired) electrons. The lowest BCUT2D eigenvalue weighted by Crippen LogP contribution is -2.32. The van der Waals surface area contributed by atoms with Gasteiger partial charge >= 0.3 is 6.18 Å². The van der Waals surface area contributed by atoms with Gasteiger partial charge < -0.3 is 5.32 Å². The molecule has 1 N–H and O–H groups in total. The maximum atomic E-state index is 12.5. The number of nitrogens with one attached hydrogen (secondary N) is 1. The molecule has 0 aliphatic carbocycles. The second-order valence-electron chi connectivity index (χ2n) is 4.84. The third-order valence-electron chi connectivity index (χ3n) is 2.66. The molecule has 0 saturated heterocycles. The van der Waals surface area contributed by atoms with E-state index in [0.717, 1.165) is 12.1 Å². The first kappa shape index (κ1) is 16.3. The lowest BCUT2D eigenvalue weighted by molar-refractivity contribution is -0.137. The van der Waals surface area contributed by atoms with Crippen LogP contribution in [-0.2, 0) is 11.0 Å². The van der Waals surface area contributed by atoms with E-state index in [1.165, 1.54) is 0 Å². The minimum absolute atomic E-state index is 0.0312. The minimum atomic E-state index is -4.54. The maximum Gasteiger partial charge on any atom is 0.416 e. The molecule has 0 saturated carbocycles. The molecule has 1 rings (SSSR count). The number of carbonyl (C=O) groups excluding carboxylic acids is 1. The largest absolute Gasteiger partial charge is 0.416 e. The molecule has 1 amide bonds. The molecule has 1 aromatic carbocycles. The van der Waals surface area contributed by atoms with Gasteiger partial charge in [0.2, 0.25) is 5.91 Å². The number of nitrogens with zero attached hydrogens (tertiary/aromatic N) is 1. The molecular formula is C13H12ClF3N2O. The zero-order valence-corrected chi connectivity index (χ0v) is 11.6. The van der Waals surface area contributed by atoms with Crippen molar-refractivity contribution in [3.05, 3.63) is 29.3 Å². The number of alkyl halides is 4. The number of amides is 1. The van der Waals surface area contributed by atoms with Crippen LogP contribution < -0.4 is 5.32 Å². The summed E-state index contributed by atoms with van der Waals surface area (Å²) in [5.74, 6) is -0.426. The van der Waals surface area contributed by atoms with Gasteiger partial charge in [0.1, 0.15) is 6.07 Å². The van der Waals surface area contributed by atoms with Crippen molar-refractivity contribution in [1.29, 1.82) is 5.26 Å². The molecule has 0 atom stereocenters. The molecule has 0 spiro atoms. The first-order valence-electron chi connectivity index (χ1n) is 5.60. The Hall–Kier alpha value is -1.74. The Balaban J connectivity index is 3.10. The summed E-state index contributed by atoms with van der Waals surface area (Å²) >= 11 is 5.64. The Labute approximate surface area is 119 Å². The smallest absolute Gasteiger partial charge is 0.324 e. The SMILES string of the molecule is CC(C)(CCl)C(=O)Nc1ccc(C(F)(F)F)cc1C#N. The van der Waals surface area contributed by atoms with Gasteiger partial charge in [-0.15, -0.1) is 11.6 Å². The average molecular weight is 305 g/mol. The van der Waals surface area contributed by atoms with Gasteiger partial charge in [-0.3, -0.25) is 4.79 Å². The summed E-state index contributed by atoms with van der Waals surface area (Å²) in [6.45, 7) is 3.18. The van der Waals surface area contributed by atoms with Gasteiger partial charge in [0.25, 0.3) is 0 Å². The lowest BCUT2D eigenvalue weighted by Gasteiger charge is -2.21. The zero-order chi connectivity index (χ0) is 15.6. The van der Waals surface area contributed by atoms with E-state index in [0.29, 0.717) is 6.07 Å². The molecular weight excluding hydrogens is 293 g/mol. The third-order valence-corrected chi connectivity index (χ3v) is 3.33. The third kappa shape index (κ3) is 3.64. The van der Waals surface area contributed by atoms with Crippen LogP contribution in [0.3, 0.4) is 0 Å². The molecule has 20 heavy (non-hydrogen) atoms. The van der Waals surface area contributed by atoms with Crippen LogP contribution in [0.25, 0.3) is 0 Å². The van der Waals surface area contributed by atoms with Crippen LogP contribution >= 0.6 is 11.6 Å². The molecule has 1 aromatic rings. The van der Waals surface area contributed by atoms with Crippen LogP contribution in [-0.4, -0.2) is 11.8 Å². The Kier molecular flexibility index (Phi) is 4.66. The summed E-state index contributed by atoms with van der Waals surface area (Å²) in [6.07, 6.45) is -4.54.